The van der Waals surface area contributed by atoms with Crippen LogP contribution in [0.5, 0.6) is 0 Å². The fourth-order valence-electron chi connectivity index (χ4n) is 1.15. The Morgan fingerprint density at radius 1 is 1.44 bits per heavy atom. The van der Waals surface area contributed by atoms with E-state index in [-0.39, 0.29) is 0 Å². The molecule has 0 spiro atoms. The van der Waals surface area contributed by atoms with Gasteiger partial charge < -0.3 is 14.5 Å². The van der Waals surface area contributed by atoms with Crippen molar-refractivity contribution in [3.8, 4) is 0 Å². The van der Waals surface area contributed by atoms with Crippen LogP contribution in [-0.2, 0) is 11.3 Å². The van der Waals surface area contributed by atoms with Gasteiger partial charge in [-0.3, -0.25) is 0 Å². The van der Waals surface area contributed by atoms with Gasteiger partial charge in [0, 0.05) is 13.2 Å². The van der Waals surface area contributed by atoms with E-state index < -0.39 is 0 Å². The van der Waals surface area contributed by atoms with Gasteiger partial charge in [0.2, 0.25) is 0 Å². The van der Waals surface area contributed by atoms with E-state index in [4.69, 9.17) is 9.15 Å². The van der Waals surface area contributed by atoms with Crippen LogP contribution in [0.4, 0.5) is 0 Å². The van der Waals surface area contributed by atoms with Crippen LogP contribution in [0.1, 0.15) is 19.6 Å². The third-order valence-corrected chi connectivity index (χ3v) is 3.58. The van der Waals surface area contributed by atoms with E-state index in [9.17, 15) is 0 Å². The van der Waals surface area contributed by atoms with Crippen LogP contribution in [0.3, 0.4) is 0 Å². The third kappa shape index (κ3) is 5.48. The Bertz CT molecular complexity index is 293. The SMILES string of the molecule is CC(C)COCCNCc1cc(Br)c(Br)o1. The third-order valence-electron chi connectivity index (χ3n) is 1.87. The second-order valence-corrected chi connectivity index (χ2v) is 5.55. The zero-order valence-corrected chi connectivity index (χ0v) is 12.7. The molecule has 0 unspecified atom stereocenters. The molecule has 16 heavy (non-hydrogen) atoms. The Morgan fingerprint density at radius 3 is 2.75 bits per heavy atom. The highest BCUT2D eigenvalue weighted by atomic mass is 79.9. The number of halogens is 2. The predicted octanol–water partition coefficient (Wildman–Crippen LogP) is 3.57. The lowest BCUT2D eigenvalue weighted by Gasteiger charge is -2.06. The average molecular weight is 355 g/mol. The number of ether oxygens (including phenoxy) is 1. The lowest BCUT2D eigenvalue weighted by atomic mass is 10.2. The molecule has 1 rings (SSSR count). The Morgan fingerprint density at radius 2 is 2.19 bits per heavy atom. The summed E-state index contributed by atoms with van der Waals surface area (Å²) in [6.07, 6.45) is 0. The Kier molecular flexibility index (Phi) is 6.65. The molecule has 1 heterocycles. The fourth-order valence-corrected chi connectivity index (χ4v) is 1.81. The summed E-state index contributed by atoms with van der Waals surface area (Å²) in [5, 5.41) is 3.26. The molecule has 0 aliphatic carbocycles. The zero-order valence-electron chi connectivity index (χ0n) is 9.56. The van der Waals surface area contributed by atoms with Crippen molar-refractivity contribution in [1.29, 1.82) is 0 Å². The van der Waals surface area contributed by atoms with E-state index >= 15 is 0 Å². The van der Waals surface area contributed by atoms with Crippen molar-refractivity contribution in [2.24, 2.45) is 5.92 Å². The second-order valence-electron chi connectivity index (χ2n) is 3.98. The molecule has 0 aromatic carbocycles. The largest absolute Gasteiger partial charge is 0.452 e. The molecule has 0 saturated heterocycles. The van der Waals surface area contributed by atoms with Gasteiger partial charge in [0.1, 0.15) is 5.76 Å². The predicted molar refractivity (Wildman–Crippen MR) is 71.5 cm³/mol. The molecular formula is C11H17Br2NO2. The molecule has 0 bridgehead atoms. The Hall–Kier alpha value is 0.160. The molecule has 92 valence electrons. The van der Waals surface area contributed by atoms with Crippen LogP contribution in [0.25, 0.3) is 0 Å². The van der Waals surface area contributed by atoms with Crippen molar-refractivity contribution in [3.05, 3.63) is 21.0 Å². The summed E-state index contributed by atoms with van der Waals surface area (Å²) >= 11 is 6.67. The van der Waals surface area contributed by atoms with Crippen molar-refractivity contribution in [1.82, 2.24) is 5.32 Å². The summed E-state index contributed by atoms with van der Waals surface area (Å²) in [6.45, 7) is 7.40. The highest BCUT2D eigenvalue weighted by molar-refractivity contribution is 9.13. The first-order chi connectivity index (χ1) is 7.59. The summed E-state index contributed by atoms with van der Waals surface area (Å²) < 4.78 is 12.6. The molecule has 3 nitrogen and oxygen atoms in total. The van der Waals surface area contributed by atoms with Gasteiger partial charge >= 0.3 is 0 Å². The molecule has 0 radical (unpaired) electrons. The molecule has 0 fully saturated rings. The molecule has 0 aliphatic heterocycles. The number of furan rings is 1. The van der Waals surface area contributed by atoms with Crippen LogP contribution in [-0.4, -0.2) is 19.8 Å². The summed E-state index contributed by atoms with van der Waals surface area (Å²) in [5.41, 5.74) is 0. The molecule has 0 amide bonds. The van der Waals surface area contributed by atoms with Crippen molar-refractivity contribution in [3.63, 3.8) is 0 Å². The van der Waals surface area contributed by atoms with Gasteiger partial charge in [0.15, 0.2) is 4.67 Å². The number of hydrogen-bond acceptors (Lipinski definition) is 3. The molecule has 5 heteroatoms. The van der Waals surface area contributed by atoms with Gasteiger partial charge in [-0.05, 0) is 43.8 Å². The van der Waals surface area contributed by atoms with Gasteiger partial charge in [0.25, 0.3) is 0 Å². The number of nitrogens with one attached hydrogen (secondary N) is 1. The van der Waals surface area contributed by atoms with E-state index in [0.717, 1.165) is 41.2 Å². The average Bonchev–Trinajstić information content (AvgIpc) is 2.52. The molecule has 1 N–H and O–H groups in total. The van der Waals surface area contributed by atoms with Crippen LogP contribution in [0, 0.1) is 5.92 Å². The lowest BCUT2D eigenvalue weighted by molar-refractivity contribution is 0.111. The molecule has 1 aromatic heterocycles. The minimum atomic E-state index is 0.594. The Balaban J connectivity index is 2.07. The highest BCUT2D eigenvalue weighted by Gasteiger charge is 2.04. The topological polar surface area (TPSA) is 34.4 Å². The summed E-state index contributed by atoms with van der Waals surface area (Å²) in [4.78, 5) is 0. The minimum absolute atomic E-state index is 0.594. The first-order valence-corrected chi connectivity index (χ1v) is 6.90. The van der Waals surface area contributed by atoms with Gasteiger partial charge in [-0.25, -0.2) is 0 Å². The van der Waals surface area contributed by atoms with Crippen molar-refractivity contribution < 1.29 is 9.15 Å². The first kappa shape index (κ1) is 14.2. The van der Waals surface area contributed by atoms with Crippen LogP contribution >= 0.6 is 31.9 Å². The van der Waals surface area contributed by atoms with E-state index in [2.05, 4.69) is 51.0 Å². The molecule has 0 aliphatic rings. The van der Waals surface area contributed by atoms with Crippen molar-refractivity contribution in [2.75, 3.05) is 19.8 Å². The highest BCUT2D eigenvalue weighted by Crippen LogP contribution is 2.26. The second kappa shape index (κ2) is 7.48. The van der Waals surface area contributed by atoms with Crippen LogP contribution in [0.2, 0.25) is 0 Å². The van der Waals surface area contributed by atoms with Crippen LogP contribution in [0.15, 0.2) is 19.6 Å². The summed E-state index contributed by atoms with van der Waals surface area (Å²) in [6, 6.07) is 1.95. The first-order valence-electron chi connectivity index (χ1n) is 5.31. The quantitative estimate of drug-likeness (QED) is 0.760. The summed E-state index contributed by atoms with van der Waals surface area (Å²) in [7, 11) is 0. The molecule has 0 atom stereocenters. The zero-order chi connectivity index (χ0) is 12.0. The maximum Gasteiger partial charge on any atom is 0.183 e. The number of hydrogen-bond donors (Lipinski definition) is 1. The van der Waals surface area contributed by atoms with Gasteiger partial charge in [-0.1, -0.05) is 13.8 Å². The van der Waals surface area contributed by atoms with Gasteiger partial charge in [0.05, 0.1) is 17.6 Å². The molecule has 1 aromatic rings. The molecule has 0 saturated carbocycles. The Labute approximate surface area is 113 Å². The maximum atomic E-state index is 5.45. The minimum Gasteiger partial charge on any atom is -0.452 e. The van der Waals surface area contributed by atoms with E-state index in [1.807, 2.05) is 6.07 Å². The smallest absolute Gasteiger partial charge is 0.183 e. The number of rotatable bonds is 7. The lowest BCUT2D eigenvalue weighted by Crippen LogP contribution is -2.19. The van der Waals surface area contributed by atoms with E-state index in [1.54, 1.807) is 0 Å². The monoisotopic (exact) mass is 353 g/mol. The standard InChI is InChI=1S/C11H17Br2NO2/c1-8(2)7-15-4-3-14-6-9-5-10(12)11(13)16-9/h5,8,14H,3-4,6-7H2,1-2H3. The van der Waals surface area contributed by atoms with E-state index in [0.29, 0.717) is 5.92 Å². The van der Waals surface area contributed by atoms with E-state index in [1.165, 1.54) is 0 Å². The van der Waals surface area contributed by atoms with Crippen molar-refractivity contribution in [2.45, 2.75) is 20.4 Å². The molecular weight excluding hydrogens is 338 g/mol. The fraction of sp³-hybridized carbons (Fsp3) is 0.636. The summed E-state index contributed by atoms with van der Waals surface area (Å²) in [5.74, 6) is 1.50. The van der Waals surface area contributed by atoms with Gasteiger partial charge in [-0.15, -0.1) is 0 Å². The van der Waals surface area contributed by atoms with Crippen molar-refractivity contribution >= 4 is 31.9 Å². The van der Waals surface area contributed by atoms with Gasteiger partial charge in [-0.2, -0.15) is 0 Å². The normalized spacial score (nSPS) is 11.3. The van der Waals surface area contributed by atoms with Crippen LogP contribution < -0.4 is 5.32 Å². The maximum absolute atomic E-state index is 5.45.